The second kappa shape index (κ2) is 9.95. The Morgan fingerprint density at radius 2 is 2.16 bits per heavy atom. The molecule has 1 N–H and O–H groups in total. The highest BCUT2D eigenvalue weighted by atomic mass is 16.5. The second-order valence-electron chi connectivity index (χ2n) is 5.05. The first kappa shape index (κ1) is 16.1. The van der Waals surface area contributed by atoms with E-state index >= 15 is 0 Å². The molecule has 0 unspecified atom stereocenters. The molecule has 0 spiro atoms. The summed E-state index contributed by atoms with van der Waals surface area (Å²) in [7, 11) is 1.71. The fourth-order valence-electron chi connectivity index (χ4n) is 1.68. The predicted molar refractivity (Wildman–Crippen MR) is 76.1 cm³/mol. The second-order valence-corrected chi connectivity index (χ2v) is 5.05. The van der Waals surface area contributed by atoms with Gasteiger partial charge in [-0.3, -0.25) is 4.68 Å². The van der Waals surface area contributed by atoms with Crippen LogP contribution in [0.4, 0.5) is 0 Å². The average Bonchev–Trinajstić information content (AvgIpc) is 2.81. The zero-order valence-electron chi connectivity index (χ0n) is 12.4. The SMILES string of the molecule is COCCCOCCn1ccc(CNCC(C)C)n1. The minimum atomic E-state index is 0.669. The van der Waals surface area contributed by atoms with E-state index in [1.54, 1.807) is 7.11 Å². The summed E-state index contributed by atoms with van der Waals surface area (Å²) in [5, 5.41) is 7.87. The average molecular weight is 269 g/mol. The van der Waals surface area contributed by atoms with Gasteiger partial charge in [0.05, 0.1) is 18.8 Å². The third kappa shape index (κ3) is 7.97. The molecule has 1 rings (SSSR count). The number of aromatic nitrogens is 2. The summed E-state index contributed by atoms with van der Waals surface area (Å²) in [6, 6.07) is 2.05. The molecule has 0 atom stereocenters. The summed E-state index contributed by atoms with van der Waals surface area (Å²) in [6.45, 7) is 9.27. The standard InChI is InChI=1S/C14H27N3O2/c1-13(2)11-15-12-14-5-6-17(16-14)7-10-19-9-4-8-18-3/h5-6,13,15H,4,7-12H2,1-3H3. The van der Waals surface area contributed by atoms with E-state index in [9.17, 15) is 0 Å². The molecule has 1 heterocycles. The first-order valence-electron chi connectivity index (χ1n) is 7.02. The number of nitrogens with zero attached hydrogens (tertiary/aromatic N) is 2. The van der Waals surface area contributed by atoms with E-state index in [-0.39, 0.29) is 0 Å². The Kier molecular flexibility index (Phi) is 8.45. The van der Waals surface area contributed by atoms with Crippen molar-refractivity contribution in [1.29, 1.82) is 0 Å². The molecule has 5 heteroatoms. The van der Waals surface area contributed by atoms with Crippen LogP contribution in [0.15, 0.2) is 12.3 Å². The molecule has 5 nitrogen and oxygen atoms in total. The molecule has 110 valence electrons. The van der Waals surface area contributed by atoms with Gasteiger partial charge in [0.1, 0.15) is 0 Å². The minimum Gasteiger partial charge on any atom is -0.385 e. The molecule has 19 heavy (non-hydrogen) atoms. The topological polar surface area (TPSA) is 48.3 Å². The molecule has 0 amide bonds. The van der Waals surface area contributed by atoms with E-state index in [4.69, 9.17) is 9.47 Å². The van der Waals surface area contributed by atoms with Crippen molar-refractivity contribution < 1.29 is 9.47 Å². The van der Waals surface area contributed by atoms with Gasteiger partial charge in [-0.2, -0.15) is 5.10 Å². The molecule has 0 radical (unpaired) electrons. The molecule has 0 aliphatic rings. The first-order valence-corrected chi connectivity index (χ1v) is 7.02. The lowest BCUT2D eigenvalue weighted by atomic mass is 10.2. The lowest BCUT2D eigenvalue weighted by Crippen LogP contribution is -2.19. The lowest BCUT2D eigenvalue weighted by molar-refractivity contribution is 0.0960. The van der Waals surface area contributed by atoms with Crippen LogP contribution in [0.2, 0.25) is 0 Å². The van der Waals surface area contributed by atoms with Crippen molar-refractivity contribution in [2.45, 2.75) is 33.4 Å². The first-order chi connectivity index (χ1) is 9.22. The van der Waals surface area contributed by atoms with Crippen molar-refractivity contribution in [3.8, 4) is 0 Å². The van der Waals surface area contributed by atoms with E-state index in [2.05, 4.69) is 30.3 Å². The van der Waals surface area contributed by atoms with Crippen molar-refractivity contribution in [2.24, 2.45) is 5.92 Å². The summed E-state index contributed by atoms with van der Waals surface area (Å²) in [5.74, 6) is 0.669. The van der Waals surface area contributed by atoms with Crippen LogP contribution in [0.1, 0.15) is 26.0 Å². The lowest BCUT2D eigenvalue weighted by Gasteiger charge is -2.05. The van der Waals surface area contributed by atoms with Crippen molar-refractivity contribution >= 4 is 0 Å². The molecule has 0 aliphatic heterocycles. The minimum absolute atomic E-state index is 0.669. The third-order valence-electron chi connectivity index (χ3n) is 2.66. The summed E-state index contributed by atoms with van der Waals surface area (Å²) in [6.07, 6.45) is 2.95. The van der Waals surface area contributed by atoms with Gasteiger partial charge < -0.3 is 14.8 Å². The Balaban J connectivity index is 2.09. The molecule has 0 aromatic carbocycles. The number of hydrogen-bond acceptors (Lipinski definition) is 4. The van der Waals surface area contributed by atoms with Gasteiger partial charge >= 0.3 is 0 Å². The zero-order valence-corrected chi connectivity index (χ0v) is 12.4. The van der Waals surface area contributed by atoms with Crippen LogP contribution >= 0.6 is 0 Å². The Bertz CT molecular complexity index is 326. The predicted octanol–water partition coefficient (Wildman–Crippen LogP) is 1.68. The summed E-state index contributed by atoms with van der Waals surface area (Å²) in [5.41, 5.74) is 1.08. The largest absolute Gasteiger partial charge is 0.385 e. The Morgan fingerprint density at radius 1 is 1.32 bits per heavy atom. The van der Waals surface area contributed by atoms with E-state index in [0.29, 0.717) is 12.5 Å². The van der Waals surface area contributed by atoms with Crippen LogP contribution in [-0.2, 0) is 22.6 Å². The molecule has 0 saturated carbocycles. The van der Waals surface area contributed by atoms with Gasteiger partial charge in [0.2, 0.25) is 0 Å². The zero-order chi connectivity index (χ0) is 13.9. The maximum Gasteiger partial charge on any atom is 0.0762 e. The number of methoxy groups -OCH3 is 1. The van der Waals surface area contributed by atoms with Crippen molar-refractivity contribution in [1.82, 2.24) is 15.1 Å². The fourth-order valence-corrected chi connectivity index (χ4v) is 1.68. The van der Waals surface area contributed by atoms with Gasteiger partial charge in [-0.05, 0) is 24.9 Å². The van der Waals surface area contributed by atoms with Gasteiger partial charge in [0.25, 0.3) is 0 Å². The van der Waals surface area contributed by atoms with E-state index in [1.807, 2.05) is 10.9 Å². The quantitative estimate of drug-likeness (QED) is 0.621. The van der Waals surface area contributed by atoms with Crippen LogP contribution in [0, 0.1) is 5.92 Å². The van der Waals surface area contributed by atoms with Gasteiger partial charge in [0, 0.05) is 33.1 Å². The normalized spacial score (nSPS) is 11.4. The molecular weight excluding hydrogens is 242 g/mol. The molecule has 0 saturated heterocycles. The number of nitrogens with one attached hydrogen (secondary N) is 1. The number of rotatable bonds is 11. The molecule has 1 aromatic rings. The van der Waals surface area contributed by atoms with E-state index in [1.165, 1.54) is 0 Å². The molecule has 0 aliphatic carbocycles. The van der Waals surface area contributed by atoms with E-state index in [0.717, 1.165) is 45.0 Å². The van der Waals surface area contributed by atoms with Gasteiger partial charge in [0.15, 0.2) is 0 Å². The van der Waals surface area contributed by atoms with E-state index < -0.39 is 0 Å². The van der Waals surface area contributed by atoms with Crippen molar-refractivity contribution in [2.75, 3.05) is 33.5 Å². The Morgan fingerprint density at radius 3 is 2.89 bits per heavy atom. The highest BCUT2D eigenvalue weighted by Crippen LogP contribution is 1.97. The van der Waals surface area contributed by atoms with Crippen molar-refractivity contribution in [3.05, 3.63) is 18.0 Å². The third-order valence-corrected chi connectivity index (χ3v) is 2.66. The van der Waals surface area contributed by atoms with Crippen LogP contribution in [0.25, 0.3) is 0 Å². The molecule has 0 bridgehead atoms. The maximum absolute atomic E-state index is 5.51. The van der Waals surface area contributed by atoms with Crippen LogP contribution in [0.3, 0.4) is 0 Å². The summed E-state index contributed by atoms with van der Waals surface area (Å²) in [4.78, 5) is 0. The van der Waals surface area contributed by atoms with Crippen molar-refractivity contribution in [3.63, 3.8) is 0 Å². The Labute approximate surface area is 116 Å². The smallest absolute Gasteiger partial charge is 0.0762 e. The number of hydrogen-bond donors (Lipinski definition) is 1. The molecular formula is C14H27N3O2. The molecule has 0 fully saturated rings. The molecule has 1 aromatic heterocycles. The summed E-state index contributed by atoms with van der Waals surface area (Å²) >= 11 is 0. The Hall–Kier alpha value is -0.910. The summed E-state index contributed by atoms with van der Waals surface area (Å²) < 4.78 is 12.4. The monoisotopic (exact) mass is 269 g/mol. The van der Waals surface area contributed by atoms with Crippen LogP contribution in [0.5, 0.6) is 0 Å². The van der Waals surface area contributed by atoms with Gasteiger partial charge in [-0.1, -0.05) is 13.8 Å². The van der Waals surface area contributed by atoms with Gasteiger partial charge in [-0.15, -0.1) is 0 Å². The highest BCUT2D eigenvalue weighted by Gasteiger charge is 2.00. The van der Waals surface area contributed by atoms with Crippen LogP contribution in [-0.4, -0.2) is 43.3 Å². The maximum atomic E-state index is 5.51. The highest BCUT2D eigenvalue weighted by molar-refractivity contribution is 4.98. The number of ether oxygens (including phenoxy) is 2. The van der Waals surface area contributed by atoms with Gasteiger partial charge in [-0.25, -0.2) is 0 Å². The fraction of sp³-hybridized carbons (Fsp3) is 0.786. The van der Waals surface area contributed by atoms with Crippen LogP contribution < -0.4 is 5.32 Å².